The summed E-state index contributed by atoms with van der Waals surface area (Å²) in [6.45, 7) is 1.47. The Labute approximate surface area is 102 Å². The molecule has 94 valence electrons. The quantitative estimate of drug-likeness (QED) is 0.859. The van der Waals surface area contributed by atoms with Gasteiger partial charge in [-0.3, -0.25) is 4.90 Å². The maximum Gasteiger partial charge on any atom is 0.0946 e. The molecule has 0 unspecified atom stereocenters. The van der Waals surface area contributed by atoms with Crippen molar-refractivity contribution in [3.8, 4) is 0 Å². The number of aromatic nitrogens is 2. The fourth-order valence-electron chi connectivity index (χ4n) is 3.17. The minimum Gasteiger partial charge on any atom is -0.396 e. The van der Waals surface area contributed by atoms with Gasteiger partial charge in [0, 0.05) is 31.8 Å². The average molecular weight is 235 g/mol. The van der Waals surface area contributed by atoms with E-state index in [1.807, 2.05) is 12.5 Å². The lowest BCUT2D eigenvalue weighted by atomic mass is 9.87. The second kappa shape index (κ2) is 4.42. The number of hydrogen-bond acceptors (Lipinski definition) is 3. The Morgan fingerprint density at radius 3 is 2.82 bits per heavy atom. The van der Waals surface area contributed by atoms with E-state index >= 15 is 0 Å². The molecule has 0 aromatic carbocycles. The molecule has 17 heavy (non-hydrogen) atoms. The summed E-state index contributed by atoms with van der Waals surface area (Å²) >= 11 is 0. The van der Waals surface area contributed by atoms with Crippen LogP contribution >= 0.6 is 0 Å². The van der Waals surface area contributed by atoms with Crippen LogP contribution in [0.15, 0.2) is 12.5 Å². The normalized spacial score (nSPS) is 30.7. The number of hydrogen-bond donors (Lipinski definition) is 1. The molecule has 1 saturated heterocycles. The second-order valence-corrected chi connectivity index (χ2v) is 5.43. The number of piperidine rings is 1. The smallest absolute Gasteiger partial charge is 0.0946 e. The van der Waals surface area contributed by atoms with Crippen LogP contribution in [0.25, 0.3) is 0 Å². The fraction of sp³-hybridized carbons (Fsp3) is 0.769. The Balaban J connectivity index is 1.91. The van der Waals surface area contributed by atoms with E-state index in [1.54, 1.807) is 0 Å². The molecule has 2 heterocycles. The Hall–Kier alpha value is -0.870. The van der Waals surface area contributed by atoms with Gasteiger partial charge in [0.25, 0.3) is 0 Å². The number of imidazole rings is 1. The van der Waals surface area contributed by atoms with Crippen molar-refractivity contribution in [3.63, 3.8) is 0 Å². The first-order chi connectivity index (χ1) is 8.31. The van der Waals surface area contributed by atoms with E-state index in [0.29, 0.717) is 18.6 Å². The molecule has 1 aliphatic carbocycles. The molecule has 4 nitrogen and oxygen atoms in total. The third-order valence-electron chi connectivity index (χ3n) is 4.20. The number of aliphatic hydroxyl groups excluding tert-OH is 1. The van der Waals surface area contributed by atoms with Gasteiger partial charge in [-0.15, -0.1) is 0 Å². The molecule has 1 aromatic rings. The summed E-state index contributed by atoms with van der Waals surface area (Å²) in [5.74, 6) is 0.375. The predicted octanol–water partition coefficient (Wildman–Crippen LogP) is 1.33. The van der Waals surface area contributed by atoms with Gasteiger partial charge >= 0.3 is 0 Å². The molecule has 4 heteroatoms. The molecule has 2 atom stereocenters. The van der Waals surface area contributed by atoms with Crippen LogP contribution in [0.2, 0.25) is 0 Å². The molecule has 0 spiro atoms. The van der Waals surface area contributed by atoms with Gasteiger partial charge in [0.2, 0.25) is 0 Å². The van der Waals surface area contributed by atoms with Crippen molar-refractivity contribution in [2.45, 2.75) is 37.8 Å². The molecule has 1 aromatic heterocycles. The van der Waals surface area contributed by atoms with Gasteiger partial charge in [-0.2, -0.15) is 0 Å². The highest BCUT2D eigenvalue weighted by atomic mass is 16.3. The zero-order valence-electron chi connectivity index (χ0n) is 10.4. The number of rotatable bonds is 3. The number of aliphatic hydroxyl groups is 1. The van der Waals surface area contributed by atoms with Crippen LogP contribution < -0.4 is 0 Å². The van der Waals surface area contributed by atoms with Crippen LogP contribution in [0, 0.1) is 5.92 Å². The molecule has 1 aliphatic heterocycles. The highest BCUT2D eigenvalue weighted by Crippen LogP contribution is 2.42. The molecule has 2 aliphatic rings. The van der Waals surface area contributed by atoms with Crippen LogP contribution in [0.3, 0.4) is 0 Å². The van der Waals surface area contributed by atoms with Crippen LogP contribution in [0.1, 0.15) is 37.4 Å². The topological polar surface area (TPSA) is 41.3 Å². The average Bonchev–Trinajstić information content (AvgIpc) is 3.11. The number of nitrogens with zero attached hydrogens (tertiary/aromatic N) is 3. The van der Waals surface area contributed by atoms with E-state index in [2.05, 4.69) is 21.5 Å². The van der Waals surface area contributed by atoms with E-state index < -0.39 is 0 Å². The van der Waals surface area contributed by atoms with Crippen LogP contribution in [0.5, 0.6) is 0 Å². The monoisotopic (exact) mass is 235 g/mol. The SMILES string of the molecule is Cn1cncc1[C@@H]1[C@@H](CO)CCCN1C1CC1. The molecule has 3 rings (SSSR count). The van der Waals surface area contributed by atoms with Gasteiger partial charge in [-0.25, -0.2) is 4.98 Å². The summed E-state index contributed by atoms with van der Waals surface area (Å²) in [6, 6.07) is 1.12. The third kappa shape index (κ3) is 2.00. The molecule has 0 radical (unpaired) electrons. The summed E-state index contributed by atoms with van der Waals surface area (Å²) in [4.78, 5) is 6.83. The maximum absolute atomic E-state index is 9.61. The van der Waals surface area contributed by atoms with Gasteiger partial charge < -0.3 is 9.67 Å². The first-order valence-corrected chi connectivity index (χ1v) is 6.64. The largest absolute Gasteiger partial charge is 0.396 e. The zero-order chi connectivity index (χ0) is 11.8. The van der Waals surface area contributed by atoms with Crippen molar-refractivity contribution in [2.75, 3.05) is 13.2 Å². The van der Waals surface area contributed by atoms with E-state index in [9.17, 15) is 5.11 Å². The van der Waals surface area contributed by atoms with Crippen molar-refractivity contribution in [1.82, 2.24) is 14.5 Å². The number of aryl methyl sites for hydroxylation is 1. The first-order valence-electron chi connectivity index (χ1n) is 6.64. The minimum absolute atomic E-state index is 0.291. The standard InChI is InChI=1S/C13H21N3O/c1-15-9-14-7-12(15)13-10(8-17)3-2-6-16(13)11-4-5-11/h7,9-11,13,17H,2-6,8H2,1H3/t10-,13+/m1/s1. The highest BCUT2D eigenvalue weighted by molar-refractivity contribution is 5.10. The first kappa shape index (κ1) is 11.2. The minimum atomic E-state index is 0.291. The second-order valence-electron chi connectivity index (χ2n) is 5.43. The van der Waals surface area contributed by atoms with Gasteiger partial charge in [0.15, 0.2) is 0 Å². The molecule has 0 bridgehead atoms. The van der Waals surface area contributed by atoms with Crippen molar-refractivity contribution in [2.24, 2.45) is 13.0 Å². The van der Waals surface area contributed by atoms with Gasteiger partial charge in [0.1, 0.15) is 0 Å². The van der Waals surface area contributed by atoms with Crippen LogP contribution in [-0.4, -0.2) is 38.8 Å². The summed E-state index contributed by atoms with van der Waals surface area (Å²) in [5, 5.41) is 9.61. The van der Waals surface area contributed by atoms with Gasteiger partial charge in [-0.1, -0.05) is 0 Å². The lowest BCUT2D eigenvalue weighted by molar-refractivity contribution is 0.0453. The fourth-order valence-corrected chi connectivity index (χ4v) is 3.17. The van der Waals surface area contributed by atoms with E-state index in [1.165, 1.54) is 31.5 Å². The zero-order valence-corrected chi connectivity index (χ0v) is 10.4. The van der Waals surface area contributed by atoms with E-state index in [-0.39, 0.29) is 0 Å². The van der Waals surface area contributed by atoms with Crippen molar-refractivity contribution in [1.29, 1.82) is 0 Å². The predicted molar refractivity (Wildman–Crippen MR) is 65.5 cm³/mol. The summed E-state index contributed by atoms with van der Waals surface area (Å²) < 4.78 is 2.11. The molecule has 0 amide bonds. The Morgan fingerprint density at radius 1 is 1.41 bits per heavy atom. The van der Waals surface area contributed by atoms with Gasteiger partial charge in [-0.05, 0) is 32.2 Å². The lowest BCUT2D eigenvalue weighted by Gasteiger charge is -2.41. The van der Waals surface area contributed by atoms with E-state index in [0.717, 1.165) is 12.5 Å². The third-order valence-corrected chi connectivity index (χ3v) is 4.20. The van der Waals surface area contributed by atoms with Crippen LogP contribution in [-0.2, 0) is 7.05 Å². The molecule has 1 N–H and O–H groups in total. The van der Waals surface area contributed by atoms with Crippen molar-refractivity contribution >= 4 is 0 Å². The summed E-state index contributed by atoms with van der Waals surface area (Å²) in [5.41, 5.74) is 1.26. The number of likely N-dealkylation sites (tertiary alicyclic amines) is 1. The molecular weight excluding hydrogens is 214 g/mol. The molecule has 2 fully saturated rings. The summed E-state index contributed by atoms with van der Waals surface area (Å²) in [7, 11) is 2.05. The Kier molecular flexibility index (Phi) is 2.92. The molecular formula is C13H21N3O. The molecule has 1 saturated carbocycles. The Bertz CT molecular complexity index is 386. The Morgan fingerprint density at radius 2 is 2.24 bits per heavy atom. The highest BCUT2D eigenvalue weighted by Gasteiger charge is 2.41. The van der Waals surface area contributed by atoms with E-state index in [4.69, 9.17) is 0 Å². The maximum atomic E-state index is 9.61. The summed E-state index contributed by atoms with van der Waals surface area (Å²) in [6.07, 6.45) is 8.84. The van der Waals surface area contributed by atoms with Crippen molar-refractivity contribution in [3.05, 3.63) is 18.2 Å². The lowest BCUT2D eigenvalue weighted by Crippen LogP contribution is -2.42. The van der Waals surface area contributed by atoms with Gasteiger partial charge in [0.05, 0.1) is 18.1 Å². The van der Waals surface area contributed by atoms with Crippen LogP contribution in [0.4, 0.5) is 0 Å². The van der Waals surface area contributed by atoms with Crippen molar-refractivity contribution < 1.29 is 5.11 Å².